The summed E-state index contributed by atoms with van der Waals surface area (Å²) in [5, 5.41) is 23.2. The van der Waals surface area contributed by atoms with Gasteiger partial charge < -0.3 is 24.4 Å². The molecule has 0 saturated heterocycles. The average Bonchev–Trinajstić information content (AvgIpc) is 3.04. The molecular formula is C20H20N2O5. The number of para-hydroxylation sites is 1. The number of benzene rings is 2. The van der Waals surface area contributed by atoms with E-state index in [-0.39, 0.29) is 6.61 Å². The third-order valence-electron chi connectivity index (χ3n) is 4.14. The highest BCUT2D eigenvalue weighted by Gasteiger charge is 2.12. The van der Waals surface area contributed by atoms with Crippen molar-refractivity contribution < 1.29 is 24.6 Å². The molecular weight excluding hydrogens is 348 g/mol. The van der Waals surface area contributed by atoms with E-state index >= 15 is 0 Å². The standard InChI is InChI=1S/C20H20N2O5/c1-26-20(24)14-6-8-17(9-7-14)27-13-16(23)12-22-11-15(10-21-25)18-4-2-3-5-19(18)22/h2-11,16,23,25H,12-13H2,1H3. The van der Waals surface area contributed by atoms with Crippen LogP contribution in [0.4, 0.5) is 0 Å². The van der Waals surface area contributed by atoms with Gasteiger partial charge in [-0.25, -0.2) is 4.79 Å². The Morgan fingerprint density at radius 3 is 2.67 bits per heavy atom. The van der Waals surface area contributed by atoms with E-state index in [1.807, 2.05) is 35.0 Å². The fraction of sp³-hybridized carbons (Fsp3) is 0.200. The Balaban J connectivity index is 1.65. The molecule has 7 heteroatoms. The Morgan fingerprint density at radius 1 is 1.22 bits per heavy atom. The number of aliphatic hydroxyl groups is 1. The third kappa shape index (κ3) is 4.27. The molecule has 2 aromatic carbocycles. The lowest BCUT2D eigenvalue weighted by atomic mass is 10.2. The number of nitrogens with zero attached hydrogens (tertiary/aromatic N) is 2. The molecule has 1 atom stereocenters. The molecule has 0 saturated carbocycles. The number of hydrogen-bond donors (Lipinski definition) is 2. The van der Waals surface area contributed by atoms with Gasteiger partial charge in [0.1, 0.15) is 18.5 Å². The zero-order valence-corrected chi connectivity index (χ0v) is 14.8. The number of carbonyl (C=O) groups is 1. The van der Waals surface area contributed by atoms with E-state index in [2.05, 4.69) is 9.89 Å². The molecule has 0 aliphatic carbocycles. The monoisotopic (exact) mass is 368 g/mol. The lowest BCUT2D eigenvalue weighted by Crippen LogP contribution is -2.23. The van der Waals surface area contributed by atoms with Crippen molar-refractivity contribution in [2.24, 2.45) is 5.16 Å². The quantitative estimate of drug-likeness (QED) is 0.289. The molecule has 0 amide bonds. The molecule has 0 spiro atoms. The van der Waals surface area contributed by atoms with Crippen molar-refractivity contribution in [3.8, 4) is 5.75 Å². The summed E-state index contributed by atoms with van der Waals surface area (Å²) in [4.78, 5) is 11.4. The number of esters is 1. The molecule has 2 N–H and O–H groups in total. The smallest absolute Gasteiger partial charge is 0.337 e. The molecule has 3 aromatic rings. The first kappa shape index (κ1) is 18.5. The van der Waals surface area contributed by atoms with Crippen molar-refractivity contribution in [3.05, 3.63) is 65.9 Å². The summed E-state index contributed by atoms with van der Waals surface area (Å²) in [5.41, 5.74) is 2.12. The molecule has 0 bridgehead atoms. The van der Waals surface area contributed by atoms with Crippen LogP contribution in [0.25, 0.3) is 10.9 Å². The minimum Gasteiger partial charge on any atom is -0.491 e. The van der Waals surface area contributed by atoms with Gasteiger partial charge in [0.15, 0.2) is 0 Å². The van der Waals surface area contributed by atoms with Crippen molar-refractivity contribution in [2.45, 2.75) is 12.6 Å². The highest BCUT2D eigenvalue weighted by molar-refractivity contribution is 5.99. The minimum absolute atomic E-state index is 0.0908. The topological polar surface area (TPSA) is 93.3 Å². The van der Waals surface area contributed by atoms with Gasteiger partial charge in [-0.05, 0) is 30.3 Å². The normalized spacial score (nSPS) is 12.4. The number of hydrogen-bond acceptors (Lipinski definition) is 6. The number of oxime groups is 1. The molecule has 1 heterocycles. The predicted molar refractivity (Wildman–Crippen MR) is 101 cm³/mol. The molecule has 0 aliphatic heterocycles. The zero-order valence-electron chi connectivity index (χ0n) is 14.8. The van der Waals surface area contributed by atoms with E-state index in [0.29, 0.717) is 17.9 Å². The van der Waals surface area contributed by atoms with Crippen LogP contribution in [0.5, 0.6) is 5.75 Å². The van der Waals surface area contributed by atoms with Crippen LogP contribution in [0.2, 0.25) is 0 Å². The first-order valence-corrected chi connectivity index (χ1v) is 8.37. The largest absolute Gasteiger partial charge is 0.491 e. The summed E-state index contributed by atoms with van der Waals surface area (Å²) in [6.07, 6.45) is 2.43. The van der Waals surface area contributed by atoms with Gasteiger partial charge in [-0.2, -0.15) is 0 Å². The van der Waals surface area contributed by atoms with E-state index in [4.69, 9.17) is 9.94 Å². The van der Waals surface area contributed by atoms with Crippen molar-refractivity contribution in [1.82, 2.24) is 4.57 Å². The van der Waals surface area contributed by atoms with E-state index in [1.54, 1.807) is 24.3 Å². The van der Waals surface area contributed by atoms with Gasteiger partial charge >= 0.3 is 5.97 Å². The Bertz CT molecular complexity index is 947. The van der Waals surface area contributed by atoms with Crippen LogP contribution in [0.15, 0.2) is 59.9 Å². The second-order valence-corrected chi connectivity index (χ2v) is 5.98. The maximum absolute atomic E-state index is 11.4. The van der Waals surface area contributed by atoms with Crippen LogP contribution >= 0.6 is 0 Å². The van der Waals surface area contributed by atoms with Gasteiger partial charge in [0.05, 0.1) is 25.4 Å². The summed E-state index contributed by atoms with van der Waals surface area (Å²) >= 11 is 0. The first-order chi connectivity index (χ1) is 13.1. The summed E-state index contributed by atoms with van der Waals surface area (Å²) in [7, 11) is 1.33. The molecule has 1 unspecified atom stereocenters. The second kappa shape index (κ2) is 8.37. The number of rotatable bonds is 7. The van der Waals surface area contributed by atoms with Gasteiger partial charge in [0, 0.05) is 22.7 Å². The minimum atomic E-state index is -0.750. The Hall–Kier alpha value is -3.32. The maximum Gasteiger partial charge on any atom is 0.337 e. The first-order valence-electron chi connectivity index (χ1n) is 8.37. The summed E-state index contributed by atoms with van der Waals surface area (Å²) < 4.78 is 12.1. The molecule has 3 rings (SSSR count). The molecule has 1 aromatic heterocycles. The molecule has 140 valence electrons. The fourth-order valence-corrected chi connectivity index (χ4v) is 2.87. The number of aromatic nitrogens is 1. The van der Waals surface area contributed by atoms with Crippen LogP contribution in [-0.4, -0.2) is 46.9 Å². The lowest BCUT2D eigenvalue weighted by molar-refractivity contribution is 0.0600. The maximum atomic E-state index is 11.4. The molecule has 27 heavy (non-hydrogen) atoms. The van der Waals surface area contributed by atoms with E-state index in [1.165, 1.54) is 13.3 Å². The van der Waals surface area contributed by atoms with Gasteiger partial charge in [0.2, 0.25) is 0 Å². The Morgan fingerprint density at radius 2 is 1.96 bits per heavy atom. The number of methoxy groups -OCH3 is 1. The predicted octanol–water partition coefficient (Wildman–Crippen LogP) is 2.68. The van der Waals surface area contributed by atoms with E-state index in [9.17, 15) is 9.90 Å². The van der Waals surface area contributed by atoms with E-state index < -0.39 is 12.1 Å². The van der Waals surface area contributed by atoms with Gasteiger partial charge in [0.25, 0.3) is 0 Å². The Kier molecular flexibility index (Phi) is 5.73. The van der Waals surface area contributed by atoms with Crippen molar-refractivity contribution >= 4 is 23.1 Å². The Labute approximate surface area is 156 Å². The van der Waals surface area contributed by atoms with Crippen molar-refractivity contribution in [2.75, 3.05) is 13.7 Å². The van der Waals surface area contributed by atoms with Gasteiger partial charge in [-0.1, -0.05) is 23.4 Å². The molecule has 0 radical (unpaired) electrons. The summed E-state index contributed by atoms with van der Waals surface area (Å²) in [6.45, 7) is 0.410. The number of aliphatic hydroxyl groups excluding tert-OH is 1. The highest BCUT2D eigenvalue weighted by Crippen LogP contribution is 2.21. The number of carbonyl (C=O) groups excluding carboxylic acids is 1. The molecule has 0 fully saturated rings. The van der Waals surface area contributed by atoms with Gasteiger partial charge in [-0.3, -0.25) is 0 Å². The molecule has 0 aliphatic rings. The second-order valence-electron chi connectivity index (χ2n) is 5.98. The van der Waals surface area contributed by atoms with Crippen LogP contribution in [-0.2, 0) is 11.3 Å². The fourth-order valence-electron chi connectivity index (χ4n) is 2.87. The van der Waals surface area contributed by atoms with Gasteiger partial charge in [-0.15, -0.1) is 0 Å². The lowest BCUT2D eigenvalue weighted by Gasteiger charge is -2.14. The van der Waals surface area contributed by atoms with Crippen LogP contribution in [0.1, 0.15) is 15.9 Å². The van der Waals surface area contributed by atoms with Crippen molar-refractivity contribution in [3.63, 3.8) is 0 Å². The van der Waals surface area contributed by atoms with Crippen LogP contribution in [0.3, 0.4) is 0 Å². The molecule has 7 nitrogen and oxygen atoms in total. The SMILES string of the molecule is COC(=O)c1ccc(OCC(O)Cn2cc(C=NO)c3ccccc32)cc1. The average molecular weight is 368 g/mol. The van der Waals surface area contributed by atoms with Crippen molar-refractivity contribution in [1.29, 1.82) is 0 Å². The van der Waals surface area contributed by atoms with E-state index in [0.717, 1.165) is 16.5 Å². The highest BCUT2D eigenvalue weighted by atomic mass is 16.5. The number of fused-ring (bicyclic) bond motifs is 1. The van der Waals surface area contributed by atoms with Crippen LogP contribution < -0.4 is 4.74 Å². The summed E-state index contributed by atoms with van der Waals surface area (Å²) in [5.74, 6) is 0.135. The summed E-state index contributed by atoms with van der Waals surface area (Å²) in [6, 6.07) is 14.2. The van der Waals surface area contributed by atoms with Crippen LogP contribution in [0, 0.1) is 0 Å². The third-order valence-corrected chi connectivity index (χ3v) is 4.14. The zero-order chi connectivity index (χ0) is 19.2. The number of ether oxygens (including phenoxy) is 2.